The Morgan fingerprint density at radius 1 is 1.13 bits per heavy atom. The van der Waals surface area contributed by atoms with Gasteiger partial charge in [0.25, 0.3) is 5.91 Å². The Balaban J connectivity index is 1.28. The smallest absolute Gasteiger partial charge is 0.436 e. The summed E-state index contributed by atoms with van der Waals surface area (Å²) in [6, 6.07) is 7.72. The maximum absolute atomic E-state index is 13.4. The van der Waals surface area contributed by atoms with Gasteiger partial charge in [0.15, 0.2) is 11.4 Å². The number of hydrogen-bond donors (Lipinski definition) is 2. The molecule has 1 aliphatic heterocycles. The van der Waals surface area contributed by atoms with E-state index in [4.69, 9.17) is 9.84 Å². The summed E-state index contributed by atoms with van der Waals surface area (Å²) in [4.78, 5) is 16.5. The Labute approximate surface area is 216 Å². The zero-order valence-electron chi connectivity index (χ0n) is 20.8. The average Bonchev–Trinajstić information content (AvgIpc) is 3.58. The van der Waals surface area contributed by atoms with Crippen molar-refractivity contribution in [2.75, 3.05) is 12.4 Å². The van der Waals surface area contributed by atoms with Crippen LogP contribution in [0.5, 0.6) is 5.75 Å². The molecule has 1 fully saturated rings. The Hall–Kier alpha value is -4.09. The molecule has 0 bridgehead atoms. The molecule has 198 valence electrons. The van der Waals surface area contributed by atoms with E-state index in [2.05, 4.69) is 20.7 Å². The Morgan fingerprint density at radius 3 is 2.66 bits per heavy atom. The number of nitrogens with one attached hydrogen (secondary N) is 2. The zero-order valence-corrected chi connectivity index (χ0v) is 20.8. The number of pyridine rings is 1. The number of halogens is 3. The van der Waals surface area contributed by atoms with Crippen molar-refractivity contribution in [2.45, 2.75) is 50.6 Å². The summed E-state index contributed by atoms with van der Waals surface area (Å²) in [6.45, 7) is 0.486. The molecule has 0 unspecified atom stereocenters. The molecule has 1 aliphatic carbocycles. The van der Waals surface area contributed by atoms with Gasteiger partial charge in [-0.25, -0.2) is 4.98 Å². The topological polar surface area (TPSA) is 98.9 Å². The number of amides is 1. The summed E-state index contributed by atoms with van der Waals surface area (Å²) < 4.78 is 48.9. The van der Waals surface area contributed by atoms with Gasteiger partial charge in [0.2, 0.25) is 0 Å². The SMILES string of the molecule is CNc1cc2c(cn1)c(-c1ccc3c(c1)CNC3=O)nn2C1CCC(Oc2cnn(C)c2C(F)(F)F)CC1. The van der Waals surface area contributed by atoms with Crippen LogP contribution < -0.4 is 15.4 Å². The van der Waals surface area contributed by atoms with E-state index < -0.39 is 11.9 Å². The van der Waals surface area contributed by atoms with Crippen molar-refractivity contribution in [3.63, 3.8) is 0 Å². The molecule has 6 rings (SSSR count). The molecule has 4 aromatic rings. The van der Waals surface area contributed by atoms with Crippen LogP contribution in [0.1, 0.15) is 53.3 Å². The highest BCUT2D eigenvalue weighted by molar-refractivity contribution is 6.00. The maximum atomic E-state index is 13.4. The molecule has 12 heteroatoms. The van der Waals surface area contributed by atoms with Crippen molar-refractivity contribution in [1.29, 1.82) is 0 Å². The third kappa shape index (κ3) is 4.13. The molecule has 0 spiro atoms. The van der Waals surface area contributed by atoms with Crippen LogP contribution >= 0.6 is 0 Å². The first-order chi connectivity index (χ1) is 18.2. The van der Waals surface area contributed by atoms with Gasteiger partial charge in [-0.05, 0) is 43.4 Å². The van der Waals surface area contributed by atoms with Crippen molar-refractivity contribution in [2.24, 2.45) is 7.05 Å². The van der Waals surface area contributed by atoms with E-state index >= 15 is 0 Å². The average molecular weight is 526 g/mol. The molecule has 1 aromatic carbocycles. The number of fused-ring (bicyclic) bond motifs is 2. The molecule has 1 saturated carbocycles. The van der Waals surface area contributed by atoms with E-state index in [-0.39, 0.29) is 23.8 Å². The molecule has 4 heterocycles. The van der Waals surface area contributed by atoms with Crippen molar-refractivity contribution in [1.82, 2.24) is 29.9 Å². The van der Waals surface area contributed by atoms with Crippen LogP contribution in [0, 0.1) is 0 Å². The second-order valence-corrected chi connectivity index (χ2v) is 9.71. The molecular weight excluding hydrogens is 499 g/mol. The second kappa shape index (κ2) is 9.03. The second-order valence-electron chi connectivity index (χ2n) is 9.71. The lowest BCUT2D eigenvalue weighted by Gasteiger charge is -2.29. The fourth-order valence-corrected chi connectivity index (χ4v) is 5.45. The minimum absolute atomic E-state index is 0.0480. The van der Waals surface area contributed by atoms with Gasteiger partial charge in [0.05, 0.1) is 23.9 Å². The minimum atomic E-state index is -4.54. The number of aryl methyl sites for hydroxylation is 1. The number of ether oxygens (including phenoxy) is 1. The highest BCUT2D eigenvalue weighted by Crippen LogP contribution is 2.40. The lowest BCUT2D eigenvalue weighted by atomic mass is 9.93. The molecule has 38 heavy (non-hydrogen) atoms. The van der Waals surface area contributed by atoms with Crippen molar-refractivity contribution >= 4 is 22.6 Å². The molecule has 0 radical (unpaired) electrons. The van der Waals surface area contributed by atoms with Crippen LogP contribution in [0.25, 0.3) is 22.2 Å². The lowest BCUT2D eigenvalue weighted by Crippen LogP contribution is -2.27. The van der Waals surface area contributed by atoms with E-state index in [1.54, 1.807) is 13.2 Å². The third-order valence-corrected chi connectivity index (χ3v) is 7.37. The first-order valence-electron chi connectivity index (χ1n) is 12.5. The van der Waals surface area contributed by atoms with Crippen molar-refractivity contribution in [3.8, 4) is 17.0 Å². The number of rotatable bonds is 5. The molecule has 9 nitrogen and oxygen atoms in total. The van der Waals surface area contributed by atoms with Gasteiger partial charge in [-0.3, -0.25) is 14.2 Å². The summed E-state index contributed by atoms with van der Waals surface area (Å²) in [5.41, 5.74) is 3.33. The van der Waals surface area contributed by atoms with E-state index in [1.165, 1.54) is 7.05 Å². The highest BCUT2D eigenvalue weighted by atomic mass is 19.4. The fraction of sp³-hybridized carbons (Fsp3) is 0.385. The summed E-state index contributed by atoms with van der Waals surface area (Å²) in [6.07, 6.45) is 0.621. The molecule has 1 amide bonds. The maximum Gasteiger partial charge on any atom is 0.436 e. The van der Waals surface area contributed by atoms with Gasteiger partial charge in [-0.15, -0.1) is 0 Å². The summed E-state index contributed by atoms with van der Waals surface area (Å²) in [5, 5.41) is 15.6. The Kier molecular flexibility index (Phi) is 5.77. The van der Waals surface area contributed by atoms with Gasteiger partial charge in [0.1, 0.15) is 11.5 Å². The number of benzene rings is 1. The van der Waals surface area contributed by atoms with Gasteiger partial charge >= 0.3 is 6.18 Å². The number of hydrogen-bond acceptors (Lipinski definition) is 6. The van der Waals surface area contributed by atoms with Gasteiger partial charge in [-0.2, -0.15) is 23.4 Å². The van der Waals surface area contributed by atoms with E-state index in [1.807, 2.05) is 28.9 Å². The first kappa shape index (κ1) is 24.3. The van der Waals surface area contributed by atoms with Gasteiger partial charge < -0.3 is 15.4 Å². The van der Waals surface area contributed by atoms with E-state index in [9.17, 15) is 18.0 Å². The van der Waals surface area contributed by atoms with Crippen molar-refractivity contribution < 1.29 is 22.7 Å². The quantitative estimate of drug-likeness (QED) is 0.392. The van der Waals surface area contributed by atoms with Gasteiger partial charge in [-0.1, -0.05) is 6.07 Å². The molecular formula is C26H26F3N7O2. The molecule has 2 aliphatic rings. The van der Waals surface area contributed by atoms with Crippen LogP contribution in [-0.2, 0) is 19.8 Å². The molecule has 3 aromatic heterocycles. The number of carbonyl (C=O) groups is 1. The van der Waals surface area contributed by atoms with Crippen LogP contribution in [0.2, 0.25) is 0 Å². The Morgan fingerprint density at radius 2 is 1.92 bits per heavy atom. The fourth-order valence-electron chi connectivity index (χ4n) is 5.45. The van der Waals surface area contributed by atoms with Crippen LogP contribution in [-0.4, -0.2) is 43.6 Å². The highest BCUT2D eigenvalue weighted by Gasteiger charge is 2.39. The summed E-state index contributed by atoms with van der Waals surface area (Å²) in [7, 11) is 3.06. The van der Waals surface area contributed by atoms with E-state index in [0.717, 1.165) is 38.6 Å². The normalized spacial score (nSPS) is 19.4. The Bertz CT molecular complexity index is 1530. The summed E-state index contributed by atoms with van der Waals surface area (Å²) in [5.74, 6) is 0.404. The van der Waals surface area contributed by atoms with Crippen LogP contribution in [0.15, 0.2) is 36.7 Å². The van der Waals surface area contributed by atoms with Crippen molar-refractivity contribution in [3.05, 3.63) is 53.5 Å². The monoisotopic (exact) mass is 525 g/mol. The first-order valence-corrected chi connectivity index (χ1v) is 12.5. The lowest BCUT2D eigenvalue weighted by molar-refractivity contribution is -0.145. The number of carbonyl (C=O) groups excluding carboxylic acids is 1. The van der Waals surface area contributed by atoms with Crippen LogP contribution in [0.3, 0.4) is 0 Å². The predicted octanol–water partition coefficient (Wildman–Crippen LogP) is 4.70. The predicted molar refractivity (Wildman–Crippen MR) is 134 cm³/mol. The summed E-state index contributed by atoms with van der Waals surface area (Å²) >= 11 is 0. The number of aromatic nitrogens is 5. The van der Waals surface area contributed by atoms with Gasteiger partial charge in [0, 0.05) is 49.4 Å². The molecule has 0 atom stereocenters. The number of anilines is 1. The minimum Gasteiger partial charge on any atom is -0.486 e. The molecule has 0 saturated heterocycles. The number of alkyl halides is 3. The standard InChI is InChI=1S/C26H26F3N7O2/c1-30-22-10-20-19(12-31-22)23(14-3-8-18-15(9-14)11-32-25(18)37)34-36(20)16-4-6-17(7-5-16)38-21-13-33-35(2)24(21)26(27,28)29/h3,8-10,12-13,16-17H,4-7,11H2,1-2H3,(H,30,31)(H,32,37). The largest absolute Gasteiger partial charge is 0.486 e. The molecule has 2 N–H and O–H groups in total. The third-order valence-electron chi connectivity index (χ3n) is 7.37. The zero-order chi connectivity index (χ0) is 26.6. The number of nitrogens with zero attached hydrogens (tertiary/aromatic N) is 5. The van der Waals surface area contributed by atoms with E-state index in [0.29, 0.717) is 43.6 Å². The van der Waals surface area contributed by atoms with Crippen LogP contribution in [0.4, 0.5) is 19.0 Å².